The minimum Gasteiger partial charge on any atom is -0.370 e. The zero-order valence-corrected chi connectivity index (χ0v) is 10.9. The van der Waals surface area contributed by atoms with E-state index in [9.17, 15) is 4.39 Å². The quantitative estimate of drug-likeness (QED) is 0.919. The van der Waals surface area contributed by atoms with E-state index in [0.717, 1.165) is 29.8 Å². The number of hydrogen-bond donors (Lipinski definition) is 1. The number of benzene rings is 1. The van der Waals surface area contributed by atoms with E-state index in [2.05, 4.69) is 26.1 Å². The molecule has 2 rings (SSSR count). The topological polar surface area (TPSA) is 15.3 Å². The van der Waals surface area contributed by atoms with E-state index < -0.39 is 0 Å². The Morgan fingerprint density at radius 1 is 1.56 bits per heavy atom. The molecule has 1 aromatic rings. The highest BCUT2D eigenvalue weighted by molar-refractivity contribution is 9.10. The summed E-state index contributed by atoms with van der Waals surface area (Å²) in [5.74, 6) is 0.496. The van der Waals surface area contributed by atoms with Gasteiger partial charge in [0.2, 0.25) is 0 Å². The largest absolute Gasteiger partial charge is 0.370 e. The first-order valence-electron chi connectivity index (χ1n) is 5.55. The summed E-state index contributed by atoms with van der Waals surface area (Å²) in [7, 11) is 1.97. The van der Waals surface area contributed by atoms with Gasteiger partial charge in [0.1, 0.15) is 5.82 Å². The molecule has 1 unspecified atom stereocenters. The lowest BCUT2D eigenvalue weighted by Crippen LogP contribution is -2.24. The van der Waals surface area contributed by atoms with Gasteiger partial charge in [-0.25, -0.2) is 4.39 Å². The molecule has 0 amide bonds. The number of anilines is 1. The van der Waals surface area contributed by atoms with Gasteiger partial charge in [0, 0.05) is 17.6 Å². The summed E-state index contributed by atoms with van der Waals surface area (Å²) in [4.78, 5) is 2.25. The first kappa shape index (κ1) is 11.9. The van der Waals surface area contributed by atoms with Crippen molar-refractivity contribution in [3.8, 4) is 0 Å². The fourth-order valence-corrected chi connectivity index (χ4v) is 2.73. The van der Waals surface area contributed by atoms with E-state index in [0.29, 0.717) is 5.92 Å². The van der Waals surface area contributed by atoms with Crippen LogP contribution in [-0.2, 0) is 0 Å². The molecule has 1 heterocycles. The second-order valence-corrected chi connectivity index (χ2v) is 5.11. The van der Waals surface area contributed by atoms with Gasteiger partial charge in [-0.05, 0) is 60.1 Å². The molecule has 1 saturated heterocycles. The van der Waals surface area contributed by atoms with Gasteiger partial charge in [-0.3, -0.25) is 0 Å². The molecule has 4 heteroatoms. The van der Waals surface area contributed by atoms with Gasteiger partial charge in [-0.2, -0.15) is 0 Å². The molecular formula is C12H16BrFN2. The van der Waals surface area contributed by atoms with Crippen LogP contribution < -0.4 is 10.2 Å². The molecular weight excluding hydrogens is 271 g/mol. The predicted molar refractivity (Wildman–Crippen MR) is 68.3 cm³/mol. The van der Waals surface area contributed by atoms with Gasteiger partial charge < -0.3 is 10.2 Å². The number of nitrogens with zero attached hydrogens (tertiary/aromatic N) is 1. The lowest BCUT2D eigenvalue weighted by molar-refractivity contribution is 0.549. The molecule has 0 bridgehead atoms. The first-order chi connectivity index (χ1) is 7.70. The highest BCUT2D eigenvalue weighted by Gasteiger charge is 2.23. The zero-order valence-electron chi connectivity index (χ0n) is 9.34. The Bertz CT molecular complexity index is 370. The summed E-state index contributed by atoms with van der Waals surface area (Å²) in [5, 5.41) is 3.20. The van der Waals surface area contributed by atoms with Gasteiger partial charge in [0.05, 0.1) is 5.69 Å². The molecule has 88 valence electrons. The minimum atomic E-state index is -0.171. The Morgan fingerprint density at radius 3 is 3.12 bits per heavy atom. The molecule has 1 aliphatic heterocycles. The van der Waals surface area contributed by atoms with Crippen LogP contribution in [0.1, 0.15) is 6.42 Å². The molecule has 2 nitrogen and oxygen atoms in total. The average Bonchev–Trinajstić information content (AvgIpc) is 2.71. The van der Waals surface area contributed by atoms with Crippen LogP contribution in [0.15, 0.2) is 22.7 Å². The Hall–Kier alpha value is -0.610. The molecule has 1 fully saturated rings. The van der Waals surface area contributed by atoms with Crippen molar-refractivity contribution >= 4 is 21.6 Å². The molecule has 1 N–H and O–H groups in total. The number of halogens is 2. The van der Waals surface area contributed by atoms with Gasteiger partial charge in [0.15, 0.2) is 0 Å². The molecule has 1 aliphatic rings. The third-order valence-corrected chi connectivity index (χ3v) is 3.70. The molecule has 0 spiro atoms. The predicted octanol–water partition coefficient (Wildman–Crippen LogP) is 2.63. The van der Waals surface area contributed by atoms with Crippen LogP contribution in [0, 0.1) is 11.7 Å². The van der Waals surface area contributed by atoms with Gasteiger partial charge in [-0.15, -0.1) is 0 Å². The lowest BCUT2D eigenvalue weighted by atomic mass is 10.1. The standard InChI is InChI=1S/C12H16BrFN2/c1-15-7-9-4-5-16(8-9)12-6-10(14)2-3-11(12)13/h2-3,6,9,15H,4-5,7-8H2,1H3. The van der Waals surface area contributed by atoms with Crippen molar-refractivity contribution in [1.29, 1.82) is 0 Å². The highest BCUT2D eigenvalue weighted by Crippen LogP contribution is 2.31. The van der Waals surface area contributed by atoms with Crippen LogP contribution in [0.4, 0.5) is 10.1 Å². The summed E-state index contributed by atoms with van der Waals surface area (Å²) in [6.07, 6.45) is 1.17. The zero-order chi connectivity index (χ0) is 11.5. The van der Waals surface area contributed by atoms with Gasteiger partial charge in [0.25, 0.3) is 0 Å². The summed E-state index contributed by atoms with van der Waals surface area (Å²) in [6.45, 7) is 3.04. The number of hydrogen-bond acceptors (Lipinski definition) is 2. The lowest BCUT2D eigenvalue weighted by Gasteiger charge is -2.20. The first-order valence-corrected chi connectivity index (χ1v) is 6.34. The normalized spacial score (nSPS) is 20.4. The molecule has 0 saturated carbocycles. The molecule has 1 aromatic carbocycles. The second kappa shape index (κ2) is 5.15. The summed E-state index contributed by atoms with van der Waals surface area (Å²) in [6, 6.07) is 4.86. The Labute approximate surface area is 104 Å². The summed E-state index contributed by atoms with van der Waals surface area (Å²) >= 11 is 3.48. The van der Waals surface area contributed by atoms with Crippen molar-refractivity contribution < 1.29 is 4.39 Å². The van der Waals surface area contributed by atoms with E-state index in [1.165, 1.54) is 12.5 Å². The van der Waals surface area contributed by atoms with Crippen LogP contribution in [0.2, 0.25) is 0 Å². The van der Waals surface area contributed by atoms with E-state index >= 15 is 0 Å². The van der Waals surface area contributed by atoms with Crippen molar-refractivity contribution in [3.05, 3.63) is 28.5 Å². The van der Waals surface area contributed by atoms with Crippen LogP contribution in [0.3, 0.4) is 0 Å². The Morgan fingerprint density at radius 2 is 2.38 bits per heavy atom. The van der Waals surface area contributed by atoms with Crippen molar-refractivity contribution in [3.63, 3.8) is 0 Å². The van der Waals surface area contributed by atoms with E-state index in [1.807, 2.05) is 7.05 Å². The SMILES string of the molecule is CNCC1CCN(c2cc(F)ccc2Br)C1. The monoisotopic (exact) mass is 286 g/mol. The van der Waals surface area contributed by atoms with Crippen molar-refractivity contribution in [1.82, 2.24) is 5.32 Å². The van der Waals surface area contributed by atoms with Crippen LogP contribution in [-0.4, -0.2) is 26.7 Å². The van der Waals surface area contributed by atoms with E-state index in [4.69, 9.17) is 0 Å². The Kier molecular flexibility index (Phi) is 3.82. The molecule has 0 radical (unpaired) electrons. The molecule has 0 aliphatic carbocycles. The maximum absolute atomic E-state index is 13.2. The number of rotatable bonds is 3. The third kappa shape index (κ3) is 2.55. The van der Waals surface area contributed by atoms with Crippen LogP contribution in [0.25, 0.3) is 0 Å². The highest BCUT2D eigenvalue weighted by atomic mass is 79.9. The van der Waals surface area contributed by atoms with Gasteiger partial charge >= 0.3 is 0 Å². The van der Waals surface area contributed by atoms with Gasteiger partial charge in [-0.1, -0.05) is 0 Å². The maximum atomic E-state index is 13.2. The second-order valence-electron chi connectivity index (χ2n) is 4.25. The fourth-order valence-electron chi connectivity index (χ4n) is 2.23. The third-order valence-electron chi connectivity index (χ3n) is 3.03. The summed E-state index contributed by atoms with van der Waals surface area (Å²) < 4.78 is 14.2. The fraction of sp³-hybridized carbons (Fsp3) is 0.500. The average molecular weight is 287 g/mol. The van der Waals surface area contributed by atoms with E-state index in [-0.39, 0.29) is 5.82 Å². The van der Waals surface area contributed by atoms with Crippen molar-refractivity contribution in [2.24, 2.45) is 5.92 Å². The smallest absolute Gasteiger partial charge is 0.125 e. The van der Waals surface area contributed by atoms with E-state index in [1.54, 1.807) is 12.1 Å². The summed E-state index contributed by atoms with van der Waals surface area (Å²) in [5.41, 5.74) is 0.971. The molecule has 1 atom stereocenters. The van der Waals surface area contributed by atoms with Crippen molar-refractivity contribution in [2.45, 2.75) is 6.42 Å². The van der Waals surface area contributed by atoms with Crippen molar-refractivity contribution in [2.75, 3.05) is 31.6 Å². The maximum Gasteiger partial charge on any atom is 0.125 e. The van der Waals surface area contributed by atoms with Crippen LogP contribution >= 0.6 is 15.9 Å². The number of nitrogens with one attached hydrogen (secondary N) is 1. The van der Waals surface area contributed by atoms with Crippen LogP contribution in [0.5, 0.6) is 0 Å². The minimum absolute atomic E-state index is 0.171. The molecule has 16 heavy (non-hydrogen) atoms. The molecule has 0 aromatic heterocycles. The Balaban J connectivity index is 2.11.